The van der Waals surface area contributed by atoms with Crippen molar-refractivity contribution in [1.29, 1.82) is 0 Å². The highest BCUT2D eigenvalue weighted by molar-refractivity contribution is 5.95. The number of amides is 1. The molecule has 2 aromatic carbocycles. The van der Waals surface area contributed by atoms with Gasteiger partial charge in [-0.05, 0) is 81.7 Å². The Morgan fingerprint density at radius 3 is 2.59 bits per heavy atom. The van der Waals surface area contributed by atoms with E-state index in [9.17, 15) is 9.59 Å². The van der Waals surface area contributed by atoms with E-state index in [0.717, 1.165) is 25.9 Å². The molecule has 3 rings (SSSR count). The van der Waals surface area contributed by atoms with Crippen molar-refractivity contribution in [1.82, 2.24) is 4.90 Å². The van der Waals surface area contributed by atoms with Gasteiger partial charge < -0.3 is 9.64 Å². The Morgan fingerprint density at radius 2 is 1.90 bits per heavy atom. The Labute approximate surface area is 173 Å². The van der Waals surface area contributed by atoms with Crippen LogP contribution in [-0.2, 0) is 5.41 Å². The molecular formula is C24H30N2O3. The summed E-state index contributed by atoms with van der Waals surface area (Å²) >= 11 is 0. The number of rotatable bonds is 5. The van der Waals surface area contributed by atoms with Gasteiger partial charge in [-0.3, -0.25) is 10.1 Å². The summed E-state index contributed by atoms with van der Waals surface area (Å²) in [4.78, 5) is 26.1. The Kier molecular flexibility index (Phi) is 6.70. The lowest BCUT2D eigenvalue weighted by molar-refractivity contribution is 0.101. The van der Waals surface area contributed by atoms with Gasteiger partial charge in [0.2, 0.25) is 0 Å². The zero-order chi connectivity index (χ0) is 20.9. The van der Waals surface area contributed by atoms with Crippen molar-refractivity contribution >= 4 is 17.6 Å². The second-order valence-corrected chi connectivity index (χ2v) is 8.00. The maximum atomic E-state index is 12.3. The summed E-state index contributed by atoms with van der Waals surface area (Å²) in [5.41, 5.74) is 2.51. The van der Waals surface area contributed by atoms with Gasteiger partial charge in [0.05, 0.1) is 0 Å². The summed E-state index contributed by atoms with van der Waals surface area (Å²) < 4.78 is 5.54. The summed E-state index contributed by atoms with van der Waals surface area (Å²) in [6.07, 6.45) is 4.09. The predicted molar refractivity (Wildman–Crippen MR) is 116 cm³/mol. The van der Waals surface area contributed by atoms with E-state index < -0.39 is 6.09 Å². The molecule has 0 spiro atoms. The van der Waals surface area contributed by atoms with Crippen LogP contribution < -0.4 is 10.1 Å². The molecule has 29 heavy (non-hydrogen) atoms. The molecule has 1 N–H and O–H groups in total. The number of hydrogen-bond acceptors (Lipinski definition) is 4. The number of carbonyl (C=O) groups is 2. The quantitative estimate of drug-likeness (QED) is 0.703. The molecule has 0 bridgehead atoms. The van der Waals surface area contributed by atoms with E-state index in [2.05, 4.69) is 30.3 Å². The minimum atomic E-state index is -0.541. The largest absolute Gasteiger partial charge is 0.417 e. The fourth-order valence-electron chi connectivity index (χ4n) is 4.18. The SMILES string of the molecule is CCC1(c2cccc(OC(=O)Nc3ccc(C(C)=O)cc3)c2)CCCCN(C)C1. The number of Topliss-reactive ketones (excluding diaryl/α,β-unsaturated/α-hetero) is 1. The second kappa shape index (κ2) is 9.23. The third-order valence-electron chi connectivity index (χ3n) is 5.89. The van der Waals surface area contributed by atoms with Crippen molar-refractivity contribution < 1.29 is 14.3 Å². The number of ether oxygens (including phenoxy) is 1. The number of likely N-dealkylation sites (tertiary alicyclic amines) is 1. The highest BCUT2D eigenvalue weighted by atomic mass is 16.6. The van der Waals surface area contributed by atoms with Gasteiger partial charge in [-0.15, -0.1) is 0 Å². The van der Waals surface area contributed by atoms with Gasteiger partial charge in [0, 0.05) is 23.2 Å². The molecule has 1 fully saturated rings. The standard InChI is InChI=1S/C24H30N2O3/c1-4-24(14-5-6-15-26(3)17-24)20-8-7-9-22(16-20)29-23(28)25-21-12-10-19(11-13-21)18(2)27/h7-13,16H,4-6,14-15,17H2,1-3H3,(H,25,28). The van der Waals surface area contributed by atoms with Gasteiger partial charge in [0.15, 0.2) is 5.78 Å². The summed E-state index contributed by atoms with van der Waals surface area (Å²) in [6, 6.07) is 14.7. The van der Waals surface area contributed by atoms with Crippen molar-refractivity contribution in [3.63, 3.8) is 0 Å². The zero-order valence-electron chi connectivity index (χ0n) is 17.5. The molecule has 1 saturated heterocycles. The number of ketones is 1. The zero-order valence-corrected chi connectivity index (χ0v) is 17.5. The fraction of sp³-hybridized carbons (Fsp3) is 0.417. The van der Waals surface area contributed by atoms with Gasteiger partial charge in [0.1, 0.15) is 5.75 Å². The number of benzene rings is 2. The van der Waals surface area contributed by atoms with Crippen LogP contribution in [0.1, 0.15) is 55.5 Å². The monoisotopic (exact) mass is 394 g/mol. The maximum Gasteiger partial charge on any atom is 0.417 e. The van der Waals surface area contributed by atoms with Crippen molar-refractivity contribution in [2.75, 3.05) is 25.5 Å². The maximum absolute atomic E-state index is 12.3. The minimum absolute atomic E-state index is 0.00930. The van der Waals surface area contributed by atoms with Crippen LogP contribution in [0.3, 0.4) is 0 Å². The van der Waals surface area contributed by atoms with Gasteiger partial charge >= 0.3 is 6.09 Å². The molecule has 154 valence electrons. The Balaban J connectivity index is 1.71. The third-order valence-corrected chi connectivity index (χ3v) is 5.89. The number of likely N-dealkylation sites (N-methyl/N-ethyl adjacent to an activating group) is 1. The molecule has 1 heterocycles. The average molecular weight is 395 g/mol. The molecule has 1 aliphatic heterocycles. The average Bonchev–Trinajstić information content (AvgIpc) is 2.90. The fourth-order valence-corrected chi connectivity index (χ4v) is 4.18. The first kappa shape index (κ1) is 21.1. The molecule has 0 radical (unpaired) electrons. The van der Waals surface area contributed by atoms with Crippen LogP contribution in [0.2, 0.25) is 0 Å². The normalized spacial score (nSPS) is 20.0. The van der Waals surface area contributed by atoms with Crippen LogP contribution in [0.5, 0.6) is 5.75 Å². The molecule has 2 aromatic rings. The van der Waals surface area contributed by atoms with Crippen molar-refractivity contribution in [3.8, 4) is 5.75 Å². The van der Waals surface area contributed by atoms with Crippen molar-refractivity contribution in [2.24, 2.45) is 0 Å². The van der Waals surface area contributed by atoms with E-state index in [1.54, 1.807) is 24.3 Å². The first-order chi connectivity index (χ1) is 13.9. The Morgan fingerprint density at radius 1 is 1.14 bits per heavy atom. The smallest absolute Gasteiger partial charge is 0.410 e. The molecule has 1 amide bonds. The number of nitrogens with zero attached hydrogens (tertiary/aromatic N) is 1. The molecule has 0 saturated carbocycles. The molecule has 5 nitrogen and oxygen atoms in total. The van der Waals surface area contributed by atoms with Gasteiger partial charge in [-0.25, -0.2) is 4.79 Å². The van der Waals surface area contributed by atoms with E-state index in [1.165, 1.54) is 25.3 Å². The van der Waals surface area contributed by atoms with E-state index in [1.807, 2.05) is 18.2 Å². The first-order valence-electron chi connectivity index (χ1n) is 10.3. The van der Waals surface area contributed by atoms with Crippen LogP contribution >= 0.6 is 0 Å². The topological polar surface area (TPSA) is 58.6 Å². The van der Waals surface area contributed by atoms with E-state index >= 15 is 0 Å². The van der Waals surface area contributed by atoms with Crippen LogP contribution in [0.15, 0.2) is 48.5 Å². The molecular weight excluding hydrogens is 364 g/mol. The molecule has 1 aliphatic rings. The van der Waals surface area contributed by atoms with E-state index in [0.29, 0.717) is 17.0 Å². The van der Waals surface area contributed by atoms with E-state index in [-0.39, 0.29) is 11.2 Å². The number of anilines is 1. The number of nitrogens with one attached hydrogen (secondary N) is 1. The molecule has 1 unspecified atom stereocenters. The lowest BCUT2D eigenvalue weighted by atomic mass is 9.74. The van der Waals surface area contributed by atoms with Gasteiger partial charge in [-0.1, -0.05) is 25.5 Å². The van der Waals surface area contributed by atoms with Crippen molar-refractivity contribution in [2.45, 2.75) is 44.9 Å². The highest BCUT2D eigenvalue weighted by Crippen LogP contribution is 2.37. The van der Waals surface area contributed by atoms with Crippen LogP contribution in [-0.4, -0.2) is 36.9 Å². The molecule has 1 atom stereocenters. The molecule has 0 aromatic heterocycles. The summed E-state index contributed by atoms with van der Waals surface area (Å²) in [6.45, 7) is 5.90. The Hall–Kier alpha value is -2.66. The van der Waals surface area contributed by atoms with Gasteiger partial charge in [0.25, 0.3) is 0 Å². The highest BCUT2D eigenvalue weighted by Gasteiger charge is 2.33. The second-order valence-electron chi connectivity index (χ2n) is 8.00. The number of carbonyl (C=O) groups excluding carboxylic acids is 2. The van der Waals surface area contributed by atoms with E-state index in [4.69, 9.17) is 4.74 Å². The van der Waals surface area contributed by atoms with Crippen molar-refractivity contribution in [3.05, 3.63) is 59.7 Å². The minimum Gasteiger partial charge on any atom is -0.410 e. The first-order valence-corrected chi connectivity index (χ1v) is 10.3. The number of hydrogen-bond donors (Lipinski definition) is 1. The Bertz CT molecular complexity index is 863. The predicted octanol–water partition coefficient (Wildman–Crippen LogP) is 5.26. The summed E-state index contributed by atoms with van der Waals surface area (Å²) in [5.74, 6) is 0.532. The van der Waals surface area contributed by atoms with Crippen LogP contribution in [0, 0.1) is 0 Å². The van der Waals surface area contributed by atoms with Crippen LogP contribution in [0.25, 0.3) is 0 Å². The lowest BCUT2D eigenvalue weighted by Gasteiger charge is -2.35. The summed E-state index contributed by atoms with van der Waals surface area (Å²) in [5, 5.41) is 2.72. The summed E-state index contributed by atoms with van der Waals surface area (Å²) in [7, 11) is 2.18. The molecule has 5 heteroatoms. The molecule has 0 aliphatic carbocycles. The third kappa shape index (κ3) is 5.24. The van der Waals surface area contributed by atoms with Crippen LogP contribution in [0.4, 0.5) is 10.5 Å². The lowest BCUT2D eigenvalue weighted by Crippen LogP contribution is -2.37. The van der Waals surface area contributed by atoms with Gasteiger partial charge in [-0.2, -0.15) is 0 Å².